The average molecular weight is 143 g/mol. The fraction of sp³-hybridized carbons (Fsp3) is 0.667. The summed E-state index contributed by atoms with van der Waals surface area (Å²) in [5.41, 5.74) is 0. The molecule has 0 aromatic heterocycles. The Kier molecular flexibility index (Phi) is 1.89. The first kappa shape index (κ1) is 6.79. The third-order valence-electron chi connectivity index (χ3n) is 1.40. The maximum Gasteiger partial charge on any atom is 0.0953 e. The van der Waals surface area contributed by atoms with E-state index in [9.17, 15) is 4.21 Å². The van der Waals surface area contributed by atoms with Crippen molar-refractivity contribution in [3.05, 3.63) is 0 Å². The second-order valence-corrected chi connectivity index (χ2v) is 3.76. The summed E-state index contributed by atoms with van der Waals surface area (Å²) in [4.78, 5) is 0. The maximum absolute atomic E-state index is 10.9. The van der Waals surface area contributed by atoms with Crippen LogP contribution < -0.4 is 0 Å². The van der Waals surface area contributed by atoms with Gasteiger partial charge in [0, 0.05) is 12.5 Å². The third kappa shape index (κ3) is 1.32. The maximum atomic E-state index is 10.9. The molecule has 0 aromatic carbocycles. The molecule has 1 fully saturated rings. The Hall–Kier alpha value is -0.330. The second kappa shape index (κ2) is 2.51. The van der Waals surface area contributed by atoms with Gasteiger partial charge in [0.1, 0.15) is 0 Å². The molecule has 2 unspecified atom stereocenters. The van der Waals surface area contributed by atoms with E-state index in [1.807, 2.05) is 7.05 Å². The lowest BCUT2D eigenvalue weighted by atomic mass is 10.2. The van der Waals surface area contributed by atoms with Gasteiger partial charge >= 0.3 is 0 Å². The highest BCUT2D eigenvalue weighted by atomic mass is 32.2. The number of hydrogen-bond donors (Lipinski definition) is 0. The topological polar surface area (TPSA) is 20.3 Å². The summed E-state index contributed by atoms with van der Waals surface area (Å²) in [7, 11) is 1.02. The molecule has 0 aliphatic carbocycles. The lowest BCUT2D eigenvalue weighted by molar-refractivity contribution is 0.529. The second-order valence-electron chi connectivity index (χ2n) is 2.16. The predicted octanol–water partition coefficient (Wildman–Crippen LogP) is -0.155. The van der Waals surface area contributed by atoms with Gasteiger partial charge in [-0.2, -0.15) is 0 Å². The Morgan fingerprint density at radius 1 is 1.89 bits per heavy atom. The van der Waals surface area contributed by atoms with Gasteiger partial charge in [-0.3, -0.25) is 0 Å². The van der Waals surface area contributed by atoms with Crippen LogP contribution in [0.1, 0.15) is 0 Å². The molecule has 1 aliphatic rings. The summed E-state index contributed by atoms with van der Waals surface area (Å²) < 4.78 is 12.7. The molecule has 0 radical (unpaired) electrons. The predicted molar refractivity (Wildman–Crippen MR) is 38.0 cm³/mol. The molecule has 0 saturated carbocycles. The highest BCUT2D eigenvalue weighted by molar-refractivity contribution is 7.82. The van der Waals surface area contributed by atoms with E-state index in [1.165, 1.54) is 0 Å². The molecule has 1 rings (SSSR count). The van der Waals surface area contributed by atoms with Crippen molar-refractivity contribution in [3.63, 3.8) is 0 Å². The molecule has 0 N–H and O–H groups in total. The van der Waals surface area contributed by atoms with E-state index < -0.39 is 11.0 Å². The van der Waals surface area contributed by atoms with Crippen LogP contribution in [0.4, 0.5) is 0 Å². The van der Waals surface area contributed by atoms with Crippen LogP contribution in [0.3, 0.4) is 0 Å². The summed E-state index contributed by atoms with van der Waals surface area (Å²) in [6.45, 7) is 0.781. The molecule has 1 saturated heterocycles. The van der Waals surface area contributed by atoms with Crippen molar-refractivity contribution in [1.29, 1.82) is 0 Å². The minimum Gasteiger partial charge on any atom is -0.243 e. The van der Waals surface area contributed by atoms with Crippen LogP contribution in [0.2, 0.25) is 0 Å². The fourth-order valence-corrected chi connectivity index (χ4v) is 1.99. The van der Waals surface area contributed by atoms with Gasteiger partial charge in [-0.05, 0) is 7.05 Å². The SMILES string of the molecule is C#CC1CN(C)S(=O)C1. The first-order valence-electron chi connectivity index (χ1n) is 2.80. The van der Waals surface area contributed by atoms with Crippen LogP contribution in [-0.2, 0) is 11.0 Å². The van der Waals surface area contributed by atoms with Crippen molar-refractivity contribution in [2.75, 3.05) is 19.3 Å². The van der Waals surface area contributed by atoms with Crippen LogP contribution >= 0.6 is 0 Å². The van der Waals surface area contributed by atoms with Crippen LogP contribution in [0.25, 0.3) is 0 Å². The van der Waals surface area contributed by atoms with Gasteiger partial charge in [0.25, 0.3) is 0 Å². The normalized spacial score (nSPS) is 36.4. The molecule has 2 nitrogen and oxygen atoms in total. The highest BCUT2D eigenvalue weighted by Crippen LogP contribution is 2.11. The molecule has 3 heteroatoms. The molecule has 2 atom stereocenters. The first-order chi connectivity index (χ1) is 4.24. The summed E-state index contributed by atoms with van der Waals surface area (Å²) in [6, 6.07) is 0. The molecule has 50 valence electrons. The van der Waals surface area contributed by atoms with Crippen molar-refractivity contribution < 1.29 is 4.21 Å². The number of rotatable bonds is 0. The van der Waals surface area contributed by atoms with Crippen LogP contribution in [0.5, 0.6) is 0 Å². The molecule has 9 heavy (non-hydrogen) atoms. The van der Waals surface area contributed by atoms with Gasteiger partial charge in [0.2, 0.25) is 0 Å². The highest BCUT2D eigenvalue weighted by Gasteiger charge is 2.23. The van der Waals surface area contributed by atoms with Gasteiger partial charge in [0.15, 0.2) is 0 Å². The van der Waals surface area contributed by atoms with Crippen molar-refractivity contribution in [2.45, 2.75) is 0 Å². The molecule has 0 bridgehead atoms. The summed E-state index contributed by atoms with van der Waals surface area (Å²) in [6.07, 6.45) is 5.15. The summed E-state index contributed by atoms with van der Waals surface area (Å²) in [5, 5.41) is 0. The molecule has 1 heterocycles. The van der Waals surface area contributed by atoms with Crippen molar-refractivity contribution in [1.82, 2.24) is 4.31 Å². The molecule has 0 spiro atoms. The van der Waals surface area contributed by atoms with Gasteiger partial charge < -0.3 is 0 Å². The van der Waals surface area contributed by atoms with Crippen LogP contribution in [0, 0.1) is 18.3 Å². The Morgan fingerprint density at radius 2 is 2.56 bits per heavy atom. The molecule has 1 aliphatic heterocycles. The Morgan fingerprint density at radius 3 is 2.78 bits per heavy atom. The standard InChI is InChI=1S/C6H9NOS/c1-3-6-4-7(2)9(8)5-6/h1,6H,4-5H2,2H3. The van der Waals surface area contributed by atoms with Crippen molar-refractivity contribution in [2.24, 2.45) is 5.92 Å². The Labute approximate surface area is 57.8 Å². The largest absolute Gasteiger partial charge is 0.243 e. The summed E-state index contributed by atoms with van der Waals surface area (Å²) in [5.74, 6) is 3.44. The first-order valence-corrected chi connectivity index (χ1v) is 4.07. The molecule has 0 aromatic rings. The van der Waals surface area contributed by atoms with E-state index in [0.717, 1.165) is 6.54 Å². The zero-order valence-electron chi connectivity index (χ0n) is 5.33. The quantitative estimate of drug-likeness (QED) is 0.432. The van der Waals surface area contributed by atoms with E-state index in [-0.39, 0.29) is 5.92 Å². The molecular weight excluding hydrogens is 134 g/mol. The minimum absolute atomic E-state index is 0.204. The Balaban J connectivity index is 2.57. The van der Waals surface area contributed by atoms with E-state index in [0.29, 0.717) is 5.75 Å². The van der Waals surface area contributed by atoms with E-state index in [2.05, 4.69) is 5.92 Å². The van der Waals surface area contributed by atoms with E-state index in [4.69, 9.17) is 6.42 Å². The molecular formula is C6H9NOS. The van der Waals surface area contributed by atoms with Gasteiger partial charge in [-0.15, -0.1) is 12.3 Å². The van der Waals surface area contributed by atoms with Crippen molar-refractivity contribution in [3.8, 4) is 12.3 Å². The van der Waals surface area contributed by atoms with Gasteiger partial charge in [0.05, 0.1) is 16.7 Å². The monoisotopic (exact) mass is 143 g/mol. The zero-order valence-corrected chi connectivity index (χ0v) is 6.15. The zero-order chi connectivity index (χ0) is 6.85. The van der Waals surface area contributed by atoms with Crippen LogP contribution in [-0.4, -0.2) is 27.9 Å². The fourth-order valence-electron chi connectivity index (χ4n) is 0.846. The van der Waals surface area contributed by atoms with Crippen molar-refractivity contribution >= 4 is 11.0 Å². The smallest absolute Gasteiger partial charge is 0.0953 e. The summed E-state index contributed by atoms with van der Waals surface area (Å²) >= 11 is 0. The number of nitrogens with zero attached hydrogens (tertiary/aromatic N) is 1. The lowest BCUT2D eigenvalue weighted by Gasteiger charge is -2.01. The third-order valence-corrected chi connectivity index (χ3v) is 2.94. The average Bonchev–Trinajstić information content (AvgIpc) is 2.13. The van der Waals surface area contributed by atoms with Crippen LogP contribution in [0.15, 0.2) is 0 Å². The Bertz CT molecular complexity index is 172. The number of terminal acetylenes is 1. The van der Waals surface area contributed by atoms with Gasteiger partial charge in [-0.25, -0.2) is 8.51 Å². The lowest BCUT2D eigenvalue weighted by Crippen LogP contribution is -2.14. The minimum atomic E-state index is -0.807. The molecule has 0 amide bonds. The van der Waals surface area contributed by atoms with E-state index in [1.54, 1.807) is 4.31 Å². The van der Waals surface area contributed by atoms with Gasteiger partial charge in [-0.1, -0.05) is 0 Å². The van der Waals surface area contributed by atoms with E-state index >= 15 is 0 Å². The number of hydrogen-bond acceptors (Lipinski definition) is 1.